The molecule has 4 nitrogen and oxygen atoms in total. The van der Waals surface area contributed by atoms with Crippen LogP contribution in [0.3, 0.4) is 0 Å². The number of hydrogen-bond acceptors (Lipinski definition) is 2. The van der Waals surface area contributed by atoms with Crippen LogP contribution in [0.15, 0.2) is 42.5 Å². The van der Waals surface area contributed by atoms with Crippen molar-refractivity contribution in [3.05, 3.63) is 65.0 Å². The van der Waals surface area contributed by atoms with Crippen LogP contribution in [0.25, 0.3) is 0 Å². The normalized spacial score (nSPS) is 10.0. The molecule has 2 N–H and O–H groups in total. The summed E-state index contributed by atoms with van der Waals surface area (Å²) in [4.78, 5) is 23.7. The maximum atomic E-state index is 12.8. The lowest BCUT2D eigenvalue weighted by Gasteiger charge is -2.10. The molecule has 0 bridgehead atoms. The Morgan fingerprint density at radius 3 is 2.19 bits per heavy atom. The highest BCUT2D eigenvalue weighted by Gasteiger charge is 2.10. The van der Waals surface area contributed by atoms with Gasteiger partial charge in [-0.1, -0.05) is 6.07 Å². The molecule has 0 saturated heterocycles. The molecule has 2 rings (SSSR count). The first-order chi connectivity index (χ1) is 10.0. The monoisotopic (exact) mass is 286 g/mol. The average Bonchev–Trinajstić information content (AvgIpc) is 2.49. The summed E-state index contributed by atoms with van der Waals surface area (Å²) in [6.07, 6.45) is 0. The van der Waals surface area contributed by atoms with Gasteiger partial charge in [-0.05, 0) is 48.9 Å². The molecule has 5 heteroatoms. The van der Waals surface area contributed by atoms with E-state index >= 15 is 0 Å². The van der Waals surface area contributed by atoms with E-state index in [4.69, 9.17) is 0 Å². The second kappa shape index (κ2) is 6.17. The van der Waals surface area contributed by atoms with Gasteiger partial charge < -0.3 is 10.6 Å². The zero-order valence-corrected chi connectivity index (χ0v) is 11.7. The summed E-state index contributed by atoms with van der Waals surface area (Å²) in [6.45, 7) is 1.83. The maximum Gasteiger partial charge on any atom is 0.255 e. The second-order valence-corrected chi connectivity index (χ2v) is 4.57. The van der Waals surface area contributed by atoms with Gasteiger partial charge in [0.1, 0.15) is 5.82 Å². The van der Waals surface area contributed by atoms with E-state index in [0.29, 0.717) is 16.8 Å². The lowest BCUT2D eigenvalue weighted by Crippen LogP contribution is -2.19. The van der Waals surface area contributed by atoms with Crippen molar-refractivity contribution in [2.45, 2.75) is 6.92 Å². The summed E-state index contributed by atoms with van der Waals surface area (Å²) in [7, 11) is 1.54. The Morgan fingerprint density at radius 2 is 1.57 bits per heavy atom. The zero-order valence-electron chi connectivity index (χ0n) is 11.7. The SMILES string of the molecule is CNC(=O)c1ccc(C)c(NC(=O)c2ccc(F)cc2)c1. The standard InChI is InChI=1S/C16H15FN2O2/c1-10-3-4-12(15(20)18-2)9-14(10)19-16(21)11-5-7-13(17)8-6-11/h3-9H,1-2H3,(H,18,20)(H,19,21). The van der Waals surface area contributed by atoms with Gasteiger partial charge in [0.2, 0.25) is 0 Å². The fraction of sp³-hybridized carbons (Fsp3) is 0.125. The van der Waals surface area contributed by atoms with Crippen molar-refractivity contribution < 1.29 is 14.0 Å². The molecule has 0 spiro atoms. The molecule has 0 aliphatic heterocycles. The Morgan fingerprint density at radius 1 is 0.952 bits per heavy atom. The van der Waals surface area contributed by atoms with Crippen LogP contribution in [0.1, 0.15) is 26.3 Å². The van der Waals surface area contributed by atoms with Crippen LogP contribution in [-0.2, 0) is 0 Å². The van der Waals surface area contributed by atoms with Gasteiger partial charge >= 0.3 is 0 Å². The van der Waals surface area contributed by atoms with Gasteiger partial charge in [-0.3, -0.25) is 9.59 Å². The van der Waals surface area contributed by atoms with E-state index in [0.717, 1.165) is 5.56 Å². The molecule has 0 saturated carbocycles. The molecule has 0 aliphatic rings. The summed E-state index contributed by atoms with van der Waals surface area (Å²) >= 11 is 0. The van der Waals surface area contributed by atoms with E-state index in [2.05, 4.69) is 10.6 Å². The molecule has 0 atom stereocenters. The Balaban J connectivity index is 2.24. The summed E-state index contributed by atoms with van der Waals surface area (Å²) in [5.41, 5.74) is 2.18. The van der Waals surface area contributed by atoms with Crippen molar-refractivity contribution >= 4 is 17.5 Å². The van der Waals surface area contributed by atoms with Gasteiger partial charge in [0.25, 0.3) is 11.8 Å². The molecule has 0 heterocycles. The number of aryl methyl sites for hydroxylation is 1. The van der Waals surface area contributed by atoms with E-state index in [1.165, 1.54) is 24.3 Å². The van der Waals surface area contributed by atoms with E-state index in [1.54, 1.807) is 25.2 Å². The van der Waals surface area contributed by atoms with Crippen LogP contribution in [0.5, 0.6) is 0 Å². The van der Waals surface area contributed by atoms with Crippen molar-refractivity contribution in [2.24, 2.45) is 0 Å². The number of anilines is 1. The van der Waals surface area contributed by atoms with Crippen LogP contribution >= 0.6 is 0 Å². The smallest absolute Gasteiger partial charge is 0.255 e. The predicted octanol–water partition coefficient (Wildman–Crippen LogP) is 2.75. The molecule has 21 heavy (non-hydrogen) atoms. The molecule has 0 aromatic heterocycles. The lowest BCUT2D eigenvalue weighted by molar-refractivity contribution is 0.0961. The number of halogens is 1. The minimum Gasteiger partial charge on any atom is -0.355 e. The molecule has 2 aromatic carbocycles. The summed E-state index contributed by atoms with van der Waals surface area (Å²) in [5, 5.41) is 5.25. The fourth-order valence-corrected chi connectivity index (χ4v) is 1.84. The number of carbonyl (C=O) groups excluding carboxylic acids is 2. The number of carbonyl (C=O) groups is 2. The van der Waals surface area contributed by atoms with Crippen LogP contribution in [-0.4, -0.2) is 18.9 Å². The van der Waals surface area contributed by atoms with Gasteiger partial charge in [-0.15, -0.1) is 0 Å². The zero-order chi connectivity index (χ0) is 15.4. The van der Waals surface area contributed by atoms with E-state index in [-0.39, 0.29) is 11.8 Å². The lowest BCUT2D eigenvalue weighted by atomic mass is 10.1. The quantitative estimate of drug-likeness (QED) is 0.911. The van der Waals surface area contributed by atoms with Gasteiger partial charge in [0.15, 0.2) is 0 Å². The summed E-state index contributed by atoms with van der Waals surface area (Å²) in [5.74, 6) is -0.983. The fourth-order valence-electron chi connectivity index (χ4n) is 1.84. The van der Waals surface area contributed by atoms with Crippen LogP contribution in [0.2, 0.25) is 0 Å². The first-order valence-corrected chi connectivity index (χ1v) is 6.41. The topological polar surface area (TPSA) is 58.2 Å². The third-order valence-corrected chi connectivity index (χ3v) is 3.08. The van der Waals surface area contributed by atoms with Crippen molar-refractivity contribution in [3.8, 4) is 0 Å². The molecule has 2 aromatic rings. The third kappa shape index (κ3) is 3.45. The Bertz CT molecular complexity index is 681. The molecular weight excluding hydrogens is 271 g/mol. The van der Waals surface area contributed by atoms with E-state index < -0.39 is 5.82 Å². The van der Waals surface area contributed by atoms with Gasteiger partial charge in [-0.2, -0.15) is 0 Å². The highest BCUT2D eigenvalue weighted by Crippen LogP contribution is 2.18. The number of nitrogens with one attached hydrogen (secondary N) is 2. The number of benzene rings is 2. The molecule has 2 amide bonds. The summed E-state index contributed by atoms with van der Waals surface area (Å²) < 4.78 is 12.8. The highest BCUT2D eigenvalue weighted by molar-refractivity contribution is 6.05. The molecule has 0 radical (unpaired) electrons. The van der Waals surface area contributed by atoms with Gasteiger partial charge in [0, 0.05) is 23.9 Å². The van der Waals surface area contributed by atoms with Crippen molar-refractivity contribution in [1.29, 1.82) is 0 Å². The number of amides is 2. The number of hydrogen-bond donors (Lipinski definition) is 2. The largest absolute Gasteiger partial charge is 0.355 e. The van der Waals surface area contributed by atoms with Crippen molar-refractivity contribution in [2.75, 3.05) is 12.4 Å². The van der Waals surface area contributed by atoms with Crippen molar-refractivity contribution in [1.82, 2.24) is 5.32 Å². The Kier molecular flexibility index (Phi) is 4.33. The Hall–Kier alpha value is -2.69. The van der Waals surface area contributed by atoms with Crippen LogP contribution in [0, 0.1) is 12.7 Å². The van der Waals surface area contributed by atoms with Crippen molar-refractivity contribution in [3.63, 3.8) is 0 Å². The minimum absolute atomic E-state index is 0.229. The predicted molar refractivity (Wildman–Crippen MR) is 78.9 cm³/mol. The average molecular weight is 286 g/mol. The third-order valence-electron chi connectivity index (χ3n) is 3.08. The molecule has 0 aliphatic carbocycles. The Labute approximate surface area is 122 Å². The number of rotatable bonds is 3. The van der Waals surface area contributed by atoms with Gasteiger partial charge in [0.05, 0.1) is 0 Å². The van der Waals surface area contributed by atoms with E-state index in [1.807, 2.05) is 6.92 Å². The first-order valence-electron chi connectivity index (χ1n) is 6.41. The van der Waals surface area contributed by atoms with E-state index in [9.17, 15) is 14.0 Å². The van der Waals surface area contributed by atoms with Crippen LogP contribution in [0.4, 0.5) is 10.1 Å². The highest BCUT2D eigenvalue weighted by atomic mass is 19.1. The summed E-state index contributed by atoms with van der Waals surface area (Å²) in [6, 6.07) is 10.3. The molecule has 0 unspecified atom stereocenters. The molecule has 0 fully saturated rings. The minimum atomic E-state index is -0.399. The van der Waals surface area contributed by atoms with Crippen LogP contribution < -0.4 is 10.6 Å². The first kappa shape index (κ1) is 14.7. The van der Waals surface area contributed by atoms with Gasteiger partial charge in [-0.25, -0.2) is 4.39 Å². The molecule has 108 valence electrons. The molecular formula is C16H15FN2O2. The maximum absolute atomic E-state index is 12.8. The second-order valence-electron chi connectivity index (χ2n) is 4.57.